The highest BCUT2D eigenvalue weighted by Crippen LogP contribution is 2.56. The van der Waals surface area contributed by atoms with Crippen LogP contribution in [0.4, 0.5) is 0 Å². The molecule has 2 aromatic carbocycles. The van der Waals surface area contributed by atoms with Crippen molar-refractivity contribution in [2.75, 3.05) is 0 Å². The van der Waals surface area contributed by atoms with Crippen molar-refractivity contribution in [3.63, 3.8) is 0 Å². The summed E-state index contributed by atoms with van der Waals surface area (Å²) >= 11 is 3.89. The first-order valence-electron chi connectivity index (χ1n) is 11.0. The van der Waals surface area contributed by atoms with Crippen LogP contribution in [0.15, 0.2) is 82.0 Å². The molecule has 0 bridgehead atoms. The monoisotopic (exact) mass is 452 g/mol. The maximum atomic E-state index is 5.51. The lowest BCUT2D eigenvalue weighted by Gasteiger charge is -2.25. The number of rotatable bonds is 6. The molecule has 4 heteroatoms. The van der Waals surface area contributed by atoms with E-state index in [9.17, 15) is 0 Å². The van der Waals surface area contributed by atoms with Gasteiger partial charge >= 0.3 is 0 Å². The summed E-state index contributed by atoms with van der Waals surface area (Å²) in [5, 5.41) is 2.72. The SMILES string of the molecule is c1coc(CCc2cc3ccc4c(c3s2)-c2ccc3cc(CCc5ccco5)sc3c2-4)c1. The average molecular weight is 453 g/mol. The van der Waals surface area contributed by atoms with Crippen LogP contribution < -0.4 is 0 Å². The Bertz CT molecular complexity index is 1430. The Morgan fingerprint density at radius 2 is 1.06 bits per heavy atom. The molecule has 156 valence electrons. The molecular weight excluding hydrogens is 432 g/mol. The molecule has 0 aliphatic heterocycles. The van der Waals surface area contributed by atoms with E-state index in [-0.39, 0.29) is 0 Å². The third-order valence-electron chi connectivity index (χ3n) is 6.41. The lowest BCUT2D eigenvalue weighted by atomic mass is 9.79. The van der Waals surface area contributed by atoms with E-state index >= 15 is 0 Å². The summed E-state index contributed by atoms with van der Waals surface area (Å²) in [6, 6.07) is 22.0. The van der Waals surface area contributed by atoms with Crippen LogP contribution in [0.3, 0.4) is 0 Å². The van der Waals surface area contributed by atoms with E-state index in [1.54, 1.807) is 12.5 Å². The minimum atomic E-state index is 0.954. The molecule has 4 heterocycles. The number of aryl methyl sites for hydroxylation is 4. The zero-order valence-corrected chi connectivity index (χ0v) is 19.0. The van der Waals surface area contributed by atoms with Crippen LogP contribution in [0, 0.1) is 0 Å². The highest BCUT2D eigenvalue weighted by Gasteiger charge is 2.28. The lowest BCUT2D eigenvalue weighted by Crippen LogP contribution is -1.98. The second-order valence-electron chi connectivity index (χ2n) is 8.40. The maximum Gasteiger partial charge on any atom is 0.104 e. The molecule has 0 N–H and O–H groups in total. The standard InChI is InChI=1S/C28H20O2S2/c1-3-19(29-13-1)7-9-21-15-17-5-11-23-25(27(17)31-21)24-12-6-18-16-22(32-28(18)26(23)24)10-8-20-4-2-14-30-20/h1-6,11-16H,7-10H2. The predicted octanol–water partition coefficient (Wildman–Crippen LogP) is 8.52. The minimum absolute atomic E-state index is 0.954. The van der Waals surface area contributed by atoms with Crippen LogP contribution in [0.25, 0.3) is 42.4 Å². The Hall–Kier alpha value is -3.08. The fourth-order valence-electron chi connectivity index (χ4n) is 4.85. The Balaban J connectivity index is 1.22. The summed E-state index contributed by atoms with van der Waals surface area (Å²) in [4.78, 5) is 2.85. The molecular formula is C28H20O2S2. The molecule has 0 amide bonds. The zero-order chi connectivity index (χ0) is 21.1. The molecule has 32 heavy (non-hydrogen) atoms. The predicted molar refractivity (Wildman–Crippen MR) is 134 cm³/mol. The molecule has 0 unspecified atom stereocenters. The van der Waals surface area contributed by atoms with Gasteiger partial charge in [0.2, 0.25) is 0 Å². The fourth-order valence-corrected chi connectivity index (χ4v) is 7.29. The van der Waals surface area contributed by atoms with Crippen molar-refractivity contribution in [1.82, 2.24) is 0 Å². The summed E-state index contributed by atoms with van der Waals surface area (Å²) in [6.07, 6.45) is 7.47. The molecule has 4 aromatic heterocycles. The highest BCUT2D eigenvalue weighted by molar-refractivity contribution is 7.20. The number of thiophene rings is 2. The van der Waals surface area contributed by atoms with Gasteiger partial charge in [-0.25, -0.2) is 0 Å². The number of hydrogen-bond donors (Lipinski definition) is 0. The largest absolute Gasteiger partial charge is 0.469 e. The van der Waals surface area contributed by atoms with E-state index in [1.165, 1.54) is 52.2 Å². The third-order valence-corrected chi connectivity index (χ3v) is 8.87. The van der Waals surface area contributed by atoms with Crippen molar-refractivity contribution in [3.8, 4) is 22.3 Å². The fraction of sp³-hybridized carbons (Fsp3) is 0.143. The summed E-state index contributed by atoms with van der Waals surface area (Å²) in [5.41, 5.74) is 5.72. The van der Waals surface area contributed by atoms with Crippen LogP contribution >= 0.6 is 22.7 Å². The molecule has 0 fully saturated rings. The summed E-state index contributed by atoms with van der Waals surface area (Å²) in [5.74, 6) is 2.12. The molecule has 6 aromatic rings. The van der Waals surface area contributed by atoms with E-state index in [2.05, 4.69) is 48.5 Å². The van der Waals surface area contributed by atoms with E-state index in [1.807, 2.05) is 34.8 Å². The first kappa shape index (κ1) is 18.5. The Labute approximate surface area is 193 Å². The van der Waals surface area contributed by atoms with Crippen LogP contribution in [0.2, 0.25) is 0 Å². The molecule has 0 spiro atoms. The number of fused-ring (bicyclic) bond motifs is 8. The second-order valence-corrected chi connectivity index (χ2v) is 10.7. The first-order valence-corrected chi connectivity index (χ1v) is 12.6. The van der Waals surface area contributed by atoms with Crippen LogP contribution in [0.5, 0.6) is 0 Å². The molecule has 2 nitrogen and oxygen atoms in total. The van der Waals surface area contributed by atoms with Gasteiger partial charge in [0.25, 0.3) is 0 Å². The molecule has 1 aliphatic carbocycles. The average Bonchev–Trinajstić information content (AvgIpc) is 3.58. The van der Waals surface area contributed by atoms with Gasteiger partial charge in [0.05, 0.1) is 12.5 Å². The highest BCUT2D eigenvalue weighted by atomic mass is 32.1. The Morgan fingerprint density at radius 3 is 1.50 bits per heavy atom. The van der Waals surface area contributed by atoms with Crippen LogP contribution in [-0.4, -0.2) is 0 Å². The van der Waals surface area contributed by atoms with Crippen molar-refractivity contribution < 1.29 is 8.83 Å². The van der Waals surface area contributed by atoms with Gasteiger partial charge in [-0.05, 0) is 71.1 Å². The first-order chi connectivity index (χ1) is 15.8. The molecule has 0 saturated heterocycles. The van der Waals surface area contributed by atoms with Gasteiger partial charge in [0.1, 0.15) is 11.5 Å². The molecule has 0 saturated carbocycles. The van der Waals surface area contributed by atoms with Gasteiger partial charge in [-0.15, -0.1) is 22.7 Å². The van der Waals surface area contributed by atoms with Gasteiger partial charge in [-0.1, -0.05) is 24.3 Å². The van der Waals surface area contributed by atoms with Crippen molar-refractivity contribution in [1.29, 1.82) is 0 Å². The minimum Gasteiger partial charge on any atom is -0.469 e. The van der Waals surface area contributed by atoms with Gasteiger partial charge in [0.15, 0.2) is 0 Å². The molecule has 0 radical (unpaired) electrons. The number of benzene rings is 2. The van der Waals surface area contributed by atoms with Crippen LogP contribution in [-0.2, 0) is 25.7 Å². The topological polar surface area (TPSA) is 26.3 Å². The second kappa shape index (κ2) is 7.22. The van der Waals surface area contributed by atoms with E-state index in [0.29, 0.717) is 0 Å². The molecule has 1 aliphatic rings. The van der Waals surface area contributed by atoms with Crippen molar-refractivity contribution in [2.45, 2.75) is 25.7 Å². The van der Waals surface area contributed by atoms with Gasteiger partial charge in [0, 0.05) is 43.1 Å². The third kappa shape index (κ3) is 2.90. The maximum absolute atomic E-state index is 5.51. The normalized spacial score (nSPS) is 12.2. The Kier molecular flexibility index (Phi) is 4.17. The quantitative estimate of drug-likeness (QED) is 0.253. The van der Waals surface area contributed by atoms with Crippen LogP contribution in [0.1, 0.15) is 21.3 Å². The van der Waals surface area contributed by atoms with Crippen molar-refractivity contribution >= 4 is 42.8 Å². The van der Waals surface area contributed by atoms with Gasteiger partial charge in [-0.3, -0.25) is 0 Å². The molecule has 7 rings (SSSR count). The van der Waals surface area contributed by atoms with Gasteiger partial charge < -0.3 is 8.83 Å². The van der Waals surface area contributed by atoms with E-state index in [0.717, 1.165) is 37.2 Å². The summed E-state index contributed by atoms with van der Waals surface area (Å²) in [7, 11) is 0. The van der Waals surface area contributed by atoms with E-state index < -0.39 is 0 Å². The number of hydrogen-bond acceptors (Lipinski definition) is 4. The summed E-state index contributed by atoms with van der Waals surface area (Å²) < 4.78 is 13.9. The molecule has 0 atom stereocenters. The smallest absolute Gasteiger partial charge is 0.104 e. The van der Waals surface area contributed by atoms with Gasteiger partial charge in [-0.2, -0.15) is 0 Å². The lowest BCUT2D eigenvalue weighted by molar-refractivity contribution is 0.509. The summed E-state index contributed by atoms with van der Waals surface area (Å²) in [6.45, 7) is 0. The number of furan rings is 2. The van der Waals surface area contributed by atoms with Crippen molar-refractivity contribution in [2.24, 2.45) is 0 Å². The zero-order valence-electron chi connectivity index (χ0n) is 17.4. The van der Waals surface area contributed by atoms with E-state index in [4.69, 9.17) is 8.83 Å². The van der Waals surface area contributed by atoms with Crippen molar-refractivity contribution in [3.05, 3.63) is 94.5 Å². The Morgan fingerprint density at radius 1 is 0.562 bits per heavy atom.